The Hall–Kier alpha value is -1.03. The van der Waals surface area contributed by atoms with Crippen molar-refractivity contribution in [2.24, 2.45) is 52.1 Å². The maximum Gasteiger partial charge on any atom is 0.408 e. The van der Waals surface area contributed by atoms with E-state index >= 15 is 0 Å². The zero-order valence-electron chi connectivity index (χ0n) is 22.0. The Morgan fingerprint density at radius 3 is 2.51 bits per heavy atom. The molecule has 0 bridgehead atoms. The Kier molecular flexibility index (Phi) is 10.4. The molecule has 1 amide bonds. The predicted octanol–water partition coefficient (Wildman–Crippen LogP) is 8.31. The van der Waals surface area contributed by atoms with E-state index < -0.39 is 0 Å². The summed E-state index contributed by atoms with van der Waals surface area (Å²) >= 11 is 0. The first-order valence-electron chi connectivity index (χ1n) is 14.0. The Morgan fingerprint density at radius 1 is 1.09 bits per heavy atom. The summed E-state index contributed by atoms with van der Waals surface area (Å²) in [7, 11) is 0. The fraction of sp³-hybridized carbons (Fsp3) is 0.903. The highest BCUT2D eigenvalue weighted by Gasteiger charge is 2.59. The molecule has 0 heterocycles. The van der Waals surface area contributed by atoms with Gasteiger partial charge in [-0.05, 0) is 91.3 Å². The van der Waals surface area contributed by atoms with E-state index in [-0.39, 0.29) is 33.7 Å². The number of amides is 1. The molecule has 4 nitrogen and oxygen atoms in total. The van der Waals surface area contributed by atoms with Crippen LogP contribution in [0.15, 0.2) is 11.6 Å². The second kappa shape index (κ2) is 12.0. The maximum absolute atomic E-state index is 11.9. The van der Waals surface area contributed by atoms with E-state index in [1.165, 1.54) is 51.4 Å². The molecule has 8 atom stereocenters. The first-order chi connectivity index (χ1) is 15.7. The third-order valence-electron chi connectivity index (χ3n) is 10.8. The molecule has 3 N–H and O–H groups in total. The Bertz CT molecular complexity index is 733. The lowest BCUT2D eigenvalue weighted by Crippen LogP contribution is -2.51. The average molecular weight is 491 g/mol. The topological polar surface area (TPSA) is 64.3 Å². The number of ether oxygens (including phenoxy) is 1. The molecule has 0 radical (unpaired) electrons. The van der Waals surface area contributed by atoms with E-state index in [4.69, 9.17) is 10.5 Å². The standard InChI is InChI=1S/C29H50N2O2.2CH4/c1-19(2)7-6-8-20(3)24-11-12-25-23-10-9-21-17-22(33-27(32)31-18-30)13-15-28(21,4)26(23)14-16-29(24,25)5;;/h9,19-20,22-26H,6-8,10-18,30H2,1-5H3,(H,31,32);2*1H4/t20-,22+,23+,24-,25+,26+,28+,29-;;/m1../s1. The molecule has 3 saturated carbocycles. The number of allylic oxidation sites excluding steroid dienone is 1. The van der Waals surface area contributed by atoms with Crippen molar-refractivity contribution in [3.8, 4) is 0 Å². The Morgan fingerprint density at radius 2 is 1.83 bits per heavy atom. The minimum Gasteiger partial charge on any atom is -0.446 e. The van der Waals surface area contributed by atoms with E-state index in [1.807, 2.05) is 0 Å². The second-order valence-corrected chi connectivity index (χ2v) is 12.9. The van der Waals surface area contributed by atoms with Crippen LogP contribution in [0.5, 0.6) is 0 Å². The minimum atomic E-state index is -0.367. The Labute approximate surface area is 217 Å². The van der Waals surface area contributed by atoms with Gasteiger partial charge in [-0.3, -0.25) is 0 Å². The number of nitrogens with two attached hydrogens (primary N) is 1. The number of carbonyl (C=O) groups is 1. The van der Waals surface area contributed by atoms with E-state index in [1.54, 1.807) is 5.57 Å². The molecule has 4 heteroatoms. The number of hydrogen-bond acceptors (Lipinski definition) is 3. The molecular weight excluding hydrogens is 432 g/mol. The zero-order chi connectivity index (χ0) is 23.8. The van der Waals surface area contributed by atoms with E-state index in [9.17, 15) is 4.79 Å². The highest BCUT2D eigenvalue weighted by atomic mass is 16.6. The third kappa shape index (κ3) is 5.78. The number of fused-ring (bicyclic) bond motifs is 5. The molecule has 0 aromatic carbocycles. The third-order valence-corrected chi connectivity index (χ3v) is 10.8. The van der Waals surface area contributed by atoms with Gasteiger partial charge in [0.05, 0.1) is 6.67 Å². The van der Waals surface area contributed by atoms with Crippen LogP contribution in [-0.2, 0) is 4.74 Å². The summed E-state index contributed by atoms with van der Waals surface area (Å²) in [4.78, 5) is 11.9. The van der Waals surface area contributed by atoms with Gasteiger partial charge in [-0.25, -0.2) is 4.79 Å². The van der Waals surface area contributed by atoms with Crippen LogP contribution < -0.4 is 11.1 Å². The van der Waals surface area contributed by atoms with Gasteiger partial charge in [0.1, 0.15) is 6.10 Å². The molecule has 204 valence electrons. The molecule has 0 unspecified atom stereocenters. The van der Waals surface area contributed by atoms with Gasteiger partial charge in [0.25, 0.3) is 0 Å². The smallest absolute Gasteiger partial charge is 0.408 e. The SMILES string of the molecule is C.C.CC(C)CCC[C@@H](C)[C@H]1CC[C@H]2[C@@H]3CC=C4C[C@@H](OC(=O)NCN)CC[C@]4(C)[C@H]3CC[C@]12C. The van der Waals surface area contributed by atoms with E-state index in [0.29, 0.717) is 10.8 Å². The van der Waals surface area contributed by atoms with E-state index in [0.717, 1.165) is 54.8 Å². The minimum absolute atomic E-state index is 0. The number of rotatable bonds is 7. The van der Waals surface area contributed by atoms with Gasteiger partial charge < -0.3 is 15.8 Å². The highest BCUT2D eigenvalue weighted by Crippen LogP contribution is 2.67. The van der Waals surface area contributed by atoms with Gasteiger partial charge in [-0.1, -0.05) is 80.4 Å². The summed E-state index contributed by atoms with van der Waals surface area (Å²) in [5, 5.41) is 2.58. The molecule has 0 aromatic heterocycles. The molecule has 0 aliphatic heterocycles. The lowest BCUT2D eigenvalue weighted by atomic mass is 9.47. The van der Waals surface area contributed by atoms with Gasteiger partial charge >= 0.3 is 6.09 Å². The summed E-state index contributed by atoms with van der Waals surface area (Å²) in [5.74, 6) is 5.17. The van der Waals surface area contributed by atoms with Crippen molar-refractivity contribution in [2.45, 2.75) is 126 Å². The lowest BCUT2D eigenvalue weighted by Gasteiger charge is -2.58. The molecule has 0 saturated heterocycles. The summed E-state index contributed by atoms with van der Waals surface area (Å²) in [6.07, 6.45) is 16.4. The van der Waals surface area contributed by atoms with Gasteiger partial charge in [-0.2, -0.15) is 0 Å². The molecule has 0 aromatic rings. The van der Waals surface area contributed by atoms with Gasteiger partial charge in [0, 0.05) is 6.42 Å². The van der Waals surface area contributed by atoms with Crippen LogP contribution in [0.4, 0.5) is 4.79 Å². The monoisotopic (exact) mass is 490 g/mol. The normalized spacial score (nSPS) is 38.6. The van der Waals surface area contributed by atoms with E-state index in [2.05, 4.69) is 46.0 Å². The van der Waals surface area contributed by atoms with Crippen LogP contribution in [0.25, 0.3) is 0 Å². The van der Waals surface area contributed by atoms with Crippen LogP contribution in [0.3, 0.4) is 0 Å². The lowest BCUT2D eigenvalue weighted by molar-refractivity contribution is -0.0581. The van der Waals surface area contributed by atoms with Crippen molar-refractivity contribution in [2.75, 3.05) is 6.67 Å². The van der Waals surface area contributed by atoms with Gasteiger partial charge in [-0.15, -0.1) is 0 Å². The second-order valence-electron chi connectivity index (χ2n) is 12.9. The number of carbonyl (C=O) groups excluding carboxylic acids is 1. The van der Waals surface area contributed by atoms with Gasteiger partial charge in [0.2, 0.25) is 0 Å². The van der Waals surface area contributed by atoms with Crippen LogP contribution in [0, 0.1) is 46.3 Å². The first-order valence-corrected chi connectivity index (χ1v) is 14.0. The molecule has 3 fully saturated rings. The zero-order valence-corrected chi connectivity index (χ0v) is 22.0. The molecular formula is C31H58N2O2. The molecule has 0 spiro atoms. The average Bonchev–Trinajstić information content (AvgIpc) is 3.11. The van der Waals surface area contributed by atoms with Crippen molar-refractivity contribution in [3.05, 3.63) is 11.6 Å². The largest absolute Gasteiger partial charge is 0.446 e. The van der Waals surface area contributed by atoms with Crippen molar-refractivity contribution in [3.63, 3.8) is 0 Å². The summed E-state index contributed by atoms with van der Waals surface area (Å²) in [5.41, 5.74) is 7.84. The van der Waals surface area contributed by atoms with Crippen molar-refractivity contribution >= 4 is 6.09 Å². The highest BCUT2D eigenvalue weighted by molar-refractivity contribution is 5.67. The first kappa shape index (κ1) is 30.2. The quantitative estimate of drug-likeness (QED) is 0.278. The number of hydrogen-bond donors (Lipinski definition) is 2. The fourth-order valence-electron chi connectivity index (χ4n) is 9.03. The molecule has 4 aliphatic rings. The Balaban J connectivity index is 0.00000216. The van der Waals surface area contributed by atoms with Gasteiger partial charge in [0.15, 0.2) is 0 Å². The van der Waals surface area contributed by atoms with Crippen molar-refractivity contribution < 1.29 is 9.53 Å². The fourth-order valence-corrected chi connectivity index (χ4v) is 9.03. The predicted molar refractivity (Wildman–Crippen MR) is 149 cm³/mol. The summed E-state index contributed by atoms with van der Waals surface area (Å²) in [6.45, 7) is 12.6. The number of nitrogens with one attached hydrogen (secondary N) is 1. The van der Waals surface area contributed by atoms with Crippen molar-refractivity contribution in [1.82, 2.24) is 5.32 Å². The number of alkyl carbamates (subject to hydrolysis) is 1. The maximum atomic E-state index is 11.9. The van der Waals surface area contributed by atoms with Crippen LogP contribution in [-0.4, -0.2) is 18.9 Å². The molecule has 35 heavy (non-hydrogen) atoms. The van der Waals surface area contributed by atoms with Crippen LogP contribution >= 0.6 is 0 Å². The molecule has 4 aliphatic carbocycles. The molecule has 4 rings (SSSR count). The van der Waals surface area contributed by atoms with Crippen molar-refractivity contribution in [1.29, 1.82) is 0 Å². The summed E-state index contributed by atoms with van der Waals surface area (Å²) < 4.78 is 5.66. The van der Waals surface area contributed by atoms with Crippen LogP contribution in [0.1, 0.15) is 120 Å². The van der Waals surface area contributed by atoms with Crippen LogP contribution in [0.2, 0.25) is 0 Å². The summed E-state index contributed by atoms with van der Waals surface area (Å²) in [6, 6.07) is 0.